The van der Waals surface area contributed by atoms with Gasteiger partial charge in [0.25, 0.3) is 0 Å². The Labute approximate surface area is 58.1 Å². The van der Waals surface area contributed by atoms with Crippen molar-refractivity contribution in [2.45, 2.75) is 6.42 Å². The van der Waals surface area contributed by atoms with Crippen LogP contribution in [0.15, 0.2) is 23.6 Å². The molecule has 0 radical (unpaired) electrons. The average Bonchev–Trinajstić information content (AvgIpc) is 1.88. The SMILES string of the molecule is [C-]#[N+]C1=C(O)CC(=O)C=C1. The maximum atomic E-state index is 10.6. The van der Waals surface area contributed by atoms with E-state index in [9.17, 15) is 4.79 Å². The second kappa shape index (κ2) is 2.36. The van der Waals surface area contributed by atoms with Gasteiger partial charge < -0.3 is 5.11 Å². The normalized spacial score (nSPS) is 17.3. The number of carbonyl (C=O) groups is 1. The molecule has 0 aromatic rings. The maximum Gasteiger partial charge on any atom is 0.224 e. The summed E-state index contributed by atoms with van der Waals surface area (Å²) in [7, 11) is 0. The monoisotopic (exact) mass is 135 g/mol. The Balaban J connectivity index is 2.96. The highest BCUT2D eigenvalue weighted by atomic mass is 16.3. The maximum absolute atomic E-state index is 10.6. The third-order valence-electron chi connectivity index (χ3n) is 1.18. The van der Waals surface area contributed by atoms with Crippen LogP contribution in [0.1, 0.15) is 6.42 Å². The summed E-state index contributed by atoms with van der Waals surface area (Å²) in [6.07, 6.45) is 2.59. The first-order chi connectivity index (χ1) is 4.74. The highest BCUT2D eigenvalue weighted by Gasteiger charge is 2.11. The van der Waals surface area contributed by atoms with Crippen molar-refractivity contribution in [3.05, 3.63) is 35.0 Å². The van der Waals surface area contributed by atoms with Crippen molar-refractivity contribution < 1.29 is 9.90 Å². The van der Waals surface area contributed by atoms with E-state index in [1.54, 1.807) is 0 Å². The third kappa shape index (κ3) is 1.06. The van der Waals surface area contributed by atoms with E-state index in [0.717, 1.165) is 0 Å². The molecule has 0 aromatic heterocycles. The van der Waals surface area contributed by atoms with Gasteiger partial charge in [-0.2, -0.15) is 0 Å². The zero-order valence-corrected chi connectivity index (χ0v) is 5.16. The van der Waals surface area contributed by atoms with Gasteiger partial charge in [-0.25, -0.2) is 4.85 Å². The van der Waals surface area contributed by atoms with E-state index in [1.807, 2.05) is 0 Å². The molecule has 0 aromatic carbocycles. The lowest BCUT2D eigenvalue weighted by Gasteiger charge is -2.02. The molecule has 0 heterocycles. The van der Waals surface area contributed by atoms with E-state index < -0.39 is 0 Å². The first kappa shape index (κ1) is 6.56. The minimum absolute atomic E-state index is 0.0335. The summed E-state index contributed by atoms with van der Waals surface area (Å²) in [6, 6.07) is 0. The van der Waals surface area contributed by atoms with Gasteiger partial charge in [0.15, 0.2) is 5.78 Å². The Kier molecular flexibility index (Phi) is 1.55. The second-order valence-electron chi connectivity index (χ2n) is 1.92. The van der Waals surface area contributed by atoms with E-state index in [1.165, 1.54) is 12.2 Å². The lowest BCUT2D eigenvalue weighted by Crippen LogP contribution is -2.01. The molecule has 0 fully saturated rings. The molecule has 1 N–H and O–H groups in total. The van der Waals surface area contributed by atoms with Crippen molar-refractivity contribution in [3.8, 4) is 0 Å². The molecule has 0 unspecified atom stereocenters. The van der Waals surface area contributed by atoms with Crippen LogP contribution < -0.4 is 0 Å². The molecule has 10 heavy (non-hydrogen) atoms. The van der Waals surface area contributed by atoms with Crippen LogP contribution in [0.5, 0.6) is 0 Å². The largest absolute Gasteiger partial charge is 0.523 e. The summed E-state index contributed by atoms with van der Waals surface area (Å²) in [4.78, 5) is 13.6. The minimum atomic E-state index is -0.162. The lowest BCUT2D eigenvalue weighted by molar-refractivity contribution is -0.114. The van der Waals surface area contributed by atoms with Crippen LogP contribution in [-0.2, 0) is 4.79 Å². The van der Waals surface area contributed by atoms with Gasteiger partial charge in [-0.05, 0) is 12.2 Å². The molecule has 0 amide bonds. The number of hydrogen-bond donors (Lipinski definition) is 1. The van der Waals surface area contributed by atoms with Gasteiger partial charge in [-0.1, -0.05) is 0 Å². The fourth-order valence-electron chi connectivity index (χ4n) is 0.684. The zero-order valence-electron chi connectivity index (χ0n) is 5.16. The number of ketones is 1. The first-order valence-corrected chi connectivity index (χ1v) is 2.74. The molecule has 0 spiro atoms. The van der Waals surface area contributed by atoms with Gasteiger partial charge in [-0.3, -0.25) is 4.79 Å². The van der Waals surface area contributed by atoms with Crippen molar-refractivity contribution in [1.82, 2.24) is 0 Å². The van der Waals surface area contributed by atoms with Gasteiger partial charge in [0.1, 0.15) is 5.76 Å². The molecule has 1 rings (SSSR count). The number of allylic oxidation sites excluding steroid dienone is 3. The lowest BCUT2D eigenvalue weighted by atomic mass is 10.1. The fourth-order valence-corrected chi connectivity index (χ4v) is 0.684. The molecule has 3 nitrogen and oxygen atoms in total. The van der Waals surface area contributed by atoms with Crippen LogP contribution in [0.3, 0.4) is 0 Å². The van der Waals surface area contributed by atoms with Gasteiger partial charge in [-0.15, -0.1) is 0 Å². The number of aliphatic hydroxyl groups is 1. The quantitative estimate of drug-likeness (QED) is 0.507. The molecule has 3 heteroatoms. The van der Waals surface area contributed by atoms with E-state index >= 15 is 0 Å². The average molecular weight is 135 g/mol. The second-order valence-corrected chi connectivity index (χ2v) is 1.92. The summed E-state index contributed by atoms with van der Waals surface area (Å²) in [5.74, 6) is -0.285. The van der Waals surface area contributed by atoms with Gasteiger partial charge >= 0.3 is 0 Å². The van der Waals surface area contributed by atoms with Crippen LogP contribution >= 0.6 is 0 Å². The molecular weight excluding hydrogens is 130 g/mol. The Hall–Kier alpha value is -1.56. The van der Waals surface area contributed by atoms with Crippen molar-refractivity contribution in [3.63, 3.8) is 0 Å². The standard InChI is InChI=1S/C7H5NO2/c1-8-6-3-2-5(9)4-7(6)10/h2-3,10H,4H2. The number of aliphatic hydroxyl groups excluding tert-OH is 1. The predicted octanol–water partition coefficient (Wildman–Crippen LogP) is 1.20. The number of rotatable bonds is 0. The molecule has 50 valence electrons. The van der Waals surface area contributed by atoms with Crippen LogP contribution in [0.4, 0.5) is 0 Å². The van der Waals surface area contributed by atoms with E-state index in [2.05, 4.69) is 4.85 Å². The number of nitrogens with zero attached hydrogens (tertiary/aromatic N) is 1. The van der Waals surface area contributed by atoms with Crippen LogP contribution in [0.25, 0.3) is 4.85 Å². The fraction of sp³-hybridized carbons (Fsp3) is 0.143. The van der Waals surface area contributed by atoms with Crippen LogP contribution in [0, 0.1) is 6.57 Å². The molecule has 0 saturated heterocycles. The van der Waals surface area contributed by atoms with Crippen LogP contribution in [-0.4, -0.2) is 10.9 Å². The number of carbonyl (C=O) groups excluding carboxylic acids is 1. The van der Waals surface area contributed by atoms with E-state index in [0.29, 0.717) is 0 Å². The number of hydrogen-bond acceptors (Lipinski definition) is 2. The Bertz CT molecular complexity index is 268. The third-order valence-corrected chi connectivity index (χ3v) is 1.18. The topological polar surface area (TPSA) is 41.7 Å². The van der Waals surface area contributed by atoms with Crippen molar-refractivity contribution in [2.75, 3.05) is 0 Å². The molecular formula is C7H5NO2. The highest BCUT2D eigenvalue weighted by Crippen LogP contribution is 2.14. The van der Waals surface area contributed by atoms with Crippen molar-refractivity contribution >= 4 is 5.78 Å². The van der Waals surface area contributed by atoms with Gasteiger partial charge in [0.2, 0.25) is 5.70 Å². The first-order valence-electron chi connectivity index (χ1n) is 2.74. The smallest absolute Gasteiger partial charge is 0.224 e. The summed E-state index contributed by atoms with van der Waals surface area (Å²) in [6.45, 7) is 6.54. The Morgan fingerprint density at radius 3 is 2.80 bits per heavy atom. The molecule has 0 bridgehead atoms. The predicted molar refractivity (Wildman–Crippen MR) is 35.0 cm³/mol. The molecule has 0 atom stereocenters. The summed E-state index contributed by atoms with van der Waals surface area (Å²) in [5, 5.41) is 8.93. The van der Waals surface area contributed by atoms with Crippen molar-refractivity contribution in [1.29, 1.82) is 0 Å². The zero-order chi connectivity index (χ0) is 7.56. The summed E-state index contributed by atoms with van der Waals surface area (Å²) >= 11 is 0. The molecule has 0 aliphatic heterocycles. The minimum Gasteiger partial charge on any atom is -0.523 e. The Morgan fingerprint density at radius 2 is 2.30 bits per heavy atom. The highest BCUT2D eigenvalue weighted by molar-refractivity contribution is 5.93. The van der Waals surface area contributed by atoms with Crippen molar-refractivity contribution in [2.24, 2.45) is 0 Å². The van der Waals surface area contributed by atoms with E-state index in [4.69, 9.17) is 11.7 Å². The van der Waals surface area contributed by atoms with Crippen LogP contribution in [0.2, 0.25) is 0 Å². The Morgan fingerprint density at radius 1 is 1.60 bits per heavy atom. The summed E-state index contributed by atoms with van der Waals surface area (Å²) in [5.41, 5.74) is 0.166. The van der Waals surface area contributed by atoms with E-state index in [-0.39, 0.29) is 23.7 Å². The molecule has 0 saturated carbocycles. The van der Waals surface area contributed by atoms with Gasteiger partial charge in [0.05, 0.1) is 13.0 Å². The van der Waals surface area contributed by atoms with Gasteiger partial charge in [0, 0.05) is 0 Å². The molecule has 1 aliphatic rings. The molecule has 1 aliphatic carbocycles. The summed E-state index contributed by atoms with van der Waals surface area (Å²) < 4.78 is 0.